The Morgan fingerprint density at radius 1 is 1.16 bits per heavy atom. The summed E-state index contributed by atoms with van der Waals surface area (Å²) in [6.45, 7) is 12.8. The number of amides is 1. The summed E-state index contributed by atoms with van der Waals surface area (Å²) in [6.07, 6.45) is 1.95. The Balaban J connectivity index is 2.66. The van der Waals surface area contributed by atoms with Crippen LogP contribution in [0.2, 0.25) is 0 Å². The summed E-state index contributed by atoms with van der Waals surface area (Å²) in [7, 11) is 0. The van der Waals surface area contributed by atoms with Gasteiger partial charge in [0.2, 0.25) is 5.91 Å². The van der Waals surface area contributed by atoms with Gasteiger partial charge >= 0.3 is 0 Å². The third kappa shape index (κ3) is 8.57. The van der Waals surface area contributed by atoms with E-state index < -0.39 is 0 Å². The topological polar surface area (TPSA) is 65.5 Å². The Kier molecular flexibility index (Phi) is 9.66. The zero-order chi connectivity index (χ0) is 18.7. The monoisotopic (exact) mass is 346 g/mol. The molecule has 0 heterocycles. The molecule has 1 amide bonds. The van der Waals surface area contributed by atoms with Crippen LogP contribution >= 0.6 is 0 Å². The number of anilines is 1. The number of nitrogens with zero attached hydrogens (tertiary/aromatic N) is 1. The van der Waals surface area contributed by atoms with Crippen molar-refractivity contribution < 1.29 is 4.79 Å². The van der Waals surface area contributed by atoms with E-state index in [0.29, 0.717) is 12.5 Å². The summed E-state index contributed by atoms with van der Waals surface area (Å²) in [5.74, 6) is 1.58. The fourth-order valence-corrected chi connectivity index (χ4v) is 2.19. The van der Waals surface area contributed by atoms with E-state index in [9.17, 15) is 4.79 Å². The van der Waals surface area contributed by atoms with Gasteiger partial charge in [-0.25, -0.2) is 4.99 Å². The Morgan fingerprint density at radius 2 is 1.92 bits per heavy atom. The number of aliphatic imine (C=N–C) groups is 1. The molecule has 0 saturated carbocycles. The molecule has 0 aliphatic rings. The van der Waals surface area contributed by atoms with Crippen molar-refractivity contribution in [2.45, 2.75) is 54.0 Å². The van der Waals surface area contributed by atoms with Crippen LogP contribution in [0.5, 0.6) is 0 Å². The van der Waals surface area contributed by atoms with Gasteiger partial charge in [-0.15, -0.1) is 0 Å². The highest BCUT2D eigenvalue weighted by Crippen LogP contribution is 2.13. The van der Waals surface area contributed by atoms with E-state index in [2.05, 4.69) is 41.7 Å². The minimum atomic E-state index is 0.0205. The maximum atomic E-state index is 12.0. The minimum absolute atomic E-state index is 0.0205. The second kappa shape index (κ2) is 11.5. The van der Waals surface area contributed by atoms with Crippen LogP contribution in [0.15, 0.2) is 29.3 Å². The first kappa shape index (κ1) is 21.0. The summed E-state index contributed by atoms with van der Waals surface area (Å²) in [4.78, 5) is 16.7. The third-order valence-electron chi connectivity index (χ3n) is 4.03. The summed E-state index contributed by atoms with van der Waals surface area (Å²) in [5.41, 5.74) is 1.90. The van der Waals surface area contributed by atoms with Crippen molar-refractivity contribution in [3.05, 3.63) is 29.8 Å². The van der Waals surface area contributed by atoms with Crippen molar-refractivity contribution >= 4 is 17.6 Å². The van der Waals surface area contributed by atoms with Crippen molar-refractivity contribution in [1.29, 1.82) is 0 Å². The number of rotatable bonds is 9. The van der Waals surface area contributed by atoms with Crippen LogP contribution < -0.4 is 16.0 Å². The molecule has 1 aromatic rings. The number of hydrogen-bond acceptors (Lipinski definition) is 2. The average Bonchev–Trinajstić information content (AvgIpc) is 2.59. The Bertz CT molecular complexity index is 554. The van der Waals surface area contributed by atoms with Crippen LogP contribution in [0.1, 0.15) is 53.0 Å². The van der Waals surface area contributed by atoms with Crippen LogP contribution in [-0.4, -0.2) is 25.0 Å². The molecule has 0 radical (unpaired) electrons. The zero-order valence-corrected chi connectivity index (χ0v) is 16.4. The number of carbonyl (C=O) groups is 1. The van der Waals surface area contributed by atoms with Gasteiger partial charge in [-0.2, -0.15) is 0 Å². The van der Waals surface area contributed by atoms with Crippen molar-refractivity contribution in [3.63, 3.8) is 0 Å². The molecule has 5 nitrogen and oxygen atoms in total. The van der Waals surface area contributed by atoms with Gasteiger partial charge < -0.3 is 16.0 Å². The minimum Gasteiger partial charge on any atom is -0.357 e. The quantitative estimate of drug-likeness (QED) is 0.471. The lowest BCUT2D eigenvalue weighted by molar-refractivity contribution is -0.119. The molecule has 0 aliphatic carbocycles. The number of carbonyl (C=O) groups excluding carboxylic acids is 1. The maximum Gasteiger partial charge on any atom is 0.227 e. The predicted molar refractivity (Wildman–Crippen MR) is 107 cm³/mol. The zero-order valence-electron chi connectivity index (χ0n) is 16.4. The molecule has 5 heteroatoms. The summed E-state index contributed by atoms with van der Waals surface area (Å²) in [6, 6.07) is 7.89. The van der Waals surface area contributed by atoms with Gasteiger partial charge in [0.15, 0.2) is 5.96 Å². The van der Waals surface area contributed by atoms with Crippen molar-refractivity contribution in [2.24, 2.45) is 16.8 Å². The molecule has 0 saturated heterocycles. The Hall–Kier alpha value is -2.04. The normalized spacial score (nSPS) is 12.8. The summed E-state index contributed by atoms with van der Waals surface area (Å²) >= 11 is 0. The third-order valence-corrected chi connectivity index (χ3v) is 4.03. The lowest BCUT2D eigenvalue weighted by atomic mass is 10.1. The van der Waals surface area contributed by atoms with Crippen LogP contribution in [0, 0.1) is 11.8 Å². The van der Waals surface area contributed by atoms with E-state index in [-0.39, 0.29) is 11.8 Å². The van der Waals surface area contributed by atoms with Gasteiger partial charge in [-0.3, -0.25) is 4.79 Å². The first-order valence-corrected chi connectivity index (χ1v) is 9.38. The van der Waals surface area contributed by atoms with E-state index >= 15 is 0 Å². The van der Waals surface area contributed by atoms with E-state index in [1.807, 2.05) is 38.1 Å². The standard InChI is InChI=1S/C20H34N4O/c1-6-16(5)19(25)24-18-10-8-9-17(13-18)14-23-20(21-7-2)22-12-11-15(3)4/h8-10,13,15-16H,6-7,11-12,14H2,1-5H3,(H,24,25)(H2,21,22,23). The fourth-order valence-electron chi connectivity index (χ4n) is 2.19. The van der Waals surface area contributed by atoms with Gasteiger partial charge in [0, 0.05) is 24.7 Å². The molecule has 1 unspecified atom stereocenters. The molecule has 1 rings (SSSR count). The molecule has 3 N–H and O–H groups in total. The maximum absolute atomic E-state index is 12.0. The largest absolute Gasteiger partial charge is 0.357 e. The van der Waals surface area contributed by atoms with Gasteiger partial charge in [-0.1, -0.05) is 39.8 Å². The molecule has 0 bridgehead atoms. The highest BCUT2D eigenvalue weighted by molar-refractivity contribution is 5.92. The van der Waals surface area contributed by atoms with Crippen LogP contribution in [-0.2, 0) is 11.3 Å². The number of benzene rings is 1. The number of nitrogens with one attached hydrogen (secondary N) is 3. The van der Waals surface area contributed by atoms with Gasteiger partial charge in [-0.05, 0) is 43.4 Å². The average molecular weight is 347 g/mol. The molecular formula is C20H34N4O. The Morgan fingerprint density at radius 3 is 2.56 bits per heavy atom. The van der Waals surface area contributed by atoms with Gasteiger partial charge in [0.05, 0.1) is 6.54 Å². The molecule has 1 aromatic carbocycles. The molecule has 0 aromatic heterocycles. The van der Waals surface area contributed by atoms with Crippen molar-refractivity contribution in [2.75, 3.05) is 18.4 Å². The molecule has 0 spiro atoms. The van der Waals surface area contributed by atoms with Crippen molar-refractivity contribution in [1.82, 2.24) is 10.6 Å². The number of hydrogen-bond donors (Lipinski definition) is 3. The molecule has 25 heavy (non-hydrogen) atoms. The van der Waals surface area contributed by atoms with E-state index in [1.165, 1.54) is 0 Å². The smallest absolute Gasteiger partial charge is 0.227 e. The number of guanidine groups is 1. The molecule has 0 aliphatic heterocycles. The van der Waals surface area contributed by atoms with Gasteiger partial charge in [0.25, 0.3) is 0 Å². The molecule has 1 atom stereocenters. The highest BCUT2D eigenvalue weighted by Gasteiger charge is 2.10. The Labute approximate surface area is 152 Å². The molecule has 140 valence electrons. The first-order valence-electron chi connectivity index (χ1n) is 9.38. The van der Waals surface area contributed by atoms with Crippen LogP contribution in [0.25, 0.3) is 0 Å². The molecule has 0 fully saturated rings. The first-order chi connectivity index (χ1) is 12.0. The van der Waals surface area contributed by atoms with E-state index in [1.54, 1.807) is 0 Å². The SMILES string of the molecule is CCNC(=NCc1cccc(NC(=O)C(C)CC)c1)NCCC(C)C. The second-order valence-electron chi connectivity index (χ2n) is 6.80. The van der Waals surface area contributed by atoms with Crippen molar-refractivity contribution in [3.8, 4) is 0 Å². The summed E-state index contributed by atoms with van der Waals surface area (Å²) in [5, 5.41) is 9.60. The van der Waals surface area contributed by atoms with Crippen LogP contribution in [0.4, 0.5) is 5.69 Å². The van der Waals surface area contributed by atoms with E-state index in [0.717, 1.165) is 43.1 Å². The fraction of sp³-hybridized carbons (Fsp3) is 0.600. The second-order valence-corrected chi connectivity index (χ2v) is 6.80. The highest BCUT2D eigenvalue weighted by atomic mass is 16.1. The predicted octanol–water partition coefficient (Wildman–Crippen LogP) is 3.77. The lowest BCUT2D eigenvalue weighted by Gasteiger charge is -2.13. The van der Waals surface area contributed by atoms with Gasteiger partial charge in [0.1, 0.15) is 0 Å². The van der Waals surface area contributed by atoms with E-state index in [4.69, 9.17) is 0 Å². The lowest BCUT2D eigenvalue weighted by Crippen LogP contribution is -2.38. The molecular weight excluding hydrogens is 312 g/mol. The summed E-state index contributed by atoms with van der Waals surface area (Å²) < 4.78 is 0. The van der Waals surface area contributed by atoms with Crippen LogP contribution in [0.3, 0.4) is 0 Å².